The molecule has 0 amide bonds. The number of rotatable bonds is 8. The second-order valence-electron chi connectivity index (χ2n) is 4.98. The highest BCUT2D eigenvalue weighted by Crippen LogP contribution is 2.27. The van der Waals surface area contributed by atoms with Gasteiger partial charge in [-0.05, 0) is 12.8 Å². The Morgan fingerprint density at radius 1 is 0.947 bits per heavy atom. The standard InChI is InChI=1S/C14H27N5/c1-5-7-9-18(3)13-12(15)14(17-11-16-13)19(4)10-8-6-2/h11H,5-10,15H2,1-4H3. The maximum Gasteiger partial charge on any atom is 0.157 e. The Hall–Kier alpha value is -1.52. The maximum absolute atomic E-state index is 6.22. The summed E-state index contributed by atoms with van der Waals surface area (Å²) in [5.41, 5.74) is 6.90. The van der Waals surface area contributed by atoms with E-state index >= 15 is 0 Å². The summed E-state index contributed by atoms with van der Waals surface area (Å²) >= 11 is 0. The Kier molecular flexibility index (Phi) is 6.39. The molecule has 0 aliphatic carbocycles. The van der Waals surface area contributed by atoms with Gasteiger partial charge in [0.05, 0.1) is 0 Å². The molecule has 0 unspecified atom stereocenters. The van der Waals surface area contributed by atoms with E-state index in [9.17, 15) is 0 Å². The molecule has 1 heterocycles. The average Bonchev–Trinajstić information content (AvgIpc) is 2.42. The van der Waals surface area contributed by atoms with Crippen molar-refractivity contribution in [1.29, 1.82) is 0 Å². The molecule has 1 rings (SSSR count). The van der Waals surface area contributed by atoms with Crippen LogP contribution < -0.4 is 15.5 Å². The molecule has 0 aliphatic heterocycles. The maximum atomic E-state index is 6.22. The molecule has 1 aromatic heterocycles. The van der Waals surface area contributed by atoms with Crippen LogP contribution >= 0.6 is 0 Å². The third-order valence-corrected chi connectivity index (χ3v) is 3.26. The monoisotopic (exact) mass is 265 g/mol. The molecule has 0 aliphatic rings. The van der Waals surface area contributed by atoms with Crippen molar-refractivity contribution in [3.8, 4) is 0 Å². The smallest absolute Gasteiger partial charge is 0.157 e. The van der Waals surface area contributed by atoms with Crippen LogP contribution in [0.4, 0.5) is 17.3 Å². The summed E-state index contributed by atoms with van der Waals surface area (Å²) in [7, 11) is 4.06. The highest BCUT2D eigenvalue weighted by atomic mass is 15.2. The molecule has 0 spiro atoms. The fourth-order valence-electron chi connectivity index (χ4n) is 1.99. The lowest BCUT2D eigenvalue weighted by Crippen LogP contribution is -2.25. The van der Waals surface area contributed by atoms with Crippen LogP contribution in [0.3, 0.4) is 0 Å². The van der Waals surface area contributed by atoms with Crippen molar-refractivity contribution < 1.29 is 0 Å². The first-order valence-electron chi connectivity index (χ1n) is 7.14. The quantitative estimate of drug-likeness (QED) is 0.782. The van der Waals surface area contributed by atoms with Crippen molar-refractivity contribution in [1.82, 2.24) is 9.97 Å². The van der Waals surface area contributed by atoms with Crippen LogP contribution in [-0.4, -0.2) is 37.2 Å². The largest absolute Gasteiger partial charge is 0.393 e. The fraction of sp³-hybridized carbons (Fsp3) is 0.714. The van der Waals surface area contributed by atoms with Crippen LogP contribution in [-0.2, 0) is 0 Å². The molecule has 108 valence electrons. The normalized spacial score (nSPS) is 10.5. The van der Waals surface area contributed by atoms with E-state index in [2.05, 4.69) is 33.6 Å². The number of nitrogen functional groups attached to an aromatic ring is 1. The first-order chi connectivity index (χ1) is 9.11. The van der Waals surface area contributed by atoms with Gasteiger partial charge in [-0.1, -0.05) is 26.7 Å². The Bertz CT molecular complexity index is 348. The molecule has 0 radical (unpaired) electrons. The van der Waals surface area contributed by atoms with Crippen molar-refractivity contribution in [2.45, 2.75) is 39.5 Å². The van der Waals surface area contributed by atoms with Gasteiger partial charge in [0, 0.05) is 27.2 Å². The molecular weight excluding hydrogens is 238 g/mol. The van der Waals surface area contributed by atoms with Gasteiger partial charge in [-0.25, -0.2) is 9.97 Å². The predicted octanol–water partition coefficient (Wildman–Crippen LogP) is 2.53. The summed E-state index contributed by atoms with van der Waals surface area (Å²) in [5.74, 6) is 1.67. The van der Waals surface area contributed by atoms with Crippen LogP contribution in [0, 0.1) is 0 Å². The van der Waals surface area contributed by atoms with Crippen molar-refractivity contribution >= 4 is 17.3 Å². The van der Waals surface area contributed by atoms with Gasteiger partial charge in [-0.2, -0.15) is 0 Å². The highest BCUT2D eigenvalue weighted by molar-refractivity contribution is 5.75. The summed E-state index contributed by atoms with van der Waals surface area (Å²) in [6.07, 6.45) is 6.21. The number of aromatic nitrogens is 2. The number of unbranched alkanes of at least 4 members (excludes halogenated alkanes) is 2. The number of anilines is 3. The van der Waals surface area contributed by atoms with E-state index in [1.807, 2.05) is 14.1 Å². The Balaban J connectivity index is 2.84. The average molecular weight is 265 g/mol. The predicted molar refractivity (Wildman–Crippen MR) is 82.8 cm³/mol. The van der Waals surface area contributed by atoms with Gasteiger partial charge in [0.25, 0.3) is 0 Å². The SMILES string of the molecule is CCCCN(C)c1ncnc(N(C)CCCC)c1N. The van der Waals surface area contributed by atoms with Gasteiger partial charge in [-0.3, -0.25) is 0 Å². The molecule has 0 saturated heterocycles. The topological polar surface area (TPSA) is 58.3 Å². The van der Waals surface area contributed by atoms with Crippen LogP contribution in [0.1, 0.15) is 39.5 Å². The molecule has 5 nitrogen and oxygen atoms in total. The summed E-state index contributed by atoms with van der Waals surface area (Å²) in [6, 6.07) is 0. The minimum atomic E-state index is 0.680. The van der Waals surface area contributed by atoms with Gasteiger partial charge in [-0.15, -0.1) is 0 Å². The van der Waals surface area contributed by atoms with Gasteiger partial charge < -0.3 is 15.5 Å². The van der Waals surface area contributed by atoms with Crippen molar-refractivity contribution in [3.63, 3.8) is 0 Å². The van der Waals surface area contributed by atoms with E-state index in [-0.39, 0.29) is 0 Å². The van der Waals surface area contributed by atoms with Crippen LogP contribution in [0.25, 0.3) is 0 Å². The summed E-state index contributed by atoms with van der Waals surface area (Å²) in [5, 5.41) is 0. The van der Waals surface area contributed by atoms with Gasteiger partial charge in [0.15, 0.2) is 11.6 Å². The zero-order valence-electron chi connectivity index (χ0n) is 12.7. The third kappa shape index (κ3) is 4.26. The minimum absolute atomic E-state index is 0.680. The second kappa shape index (κ2) is 7.81. The molecule has 0 fully saturated rings. The zero-order chi connectivity index (χ0) is 14.3. The van der Waals surface area contributed by atoms with Crippen LogP contribution in [0.15, 0.2) is 6.33 Å². The van der Waals surface area contributed by atoms with E-state index in [0.29, 0.717) is 5.69 Å². The second-order valence-corrected chi connectivity index (χ2v) is 4.98. The lowest BCUT2D eigenvalue weighted by Gasteiger charge is -2.24. The molecule has 2 N–H and O–H groups in total. The summed E-state index contributed by atoms with van der Waals surface area (Å²) in [4.78, 5) is 12.9. The zero-order valence-corrected chi connectivity index (χ0v) is 12.7. The molecule has 1 aromatic rings. The molecule has 0 saturated carbocycles. The fourth-order valence-corrected chi connectivity index (χ4v) is 1.99. The Morgan fingerprint density at radius 3 is 1.74 bits per heavy atom. The molecule has 0 aromatic carbocycles. The number of hydrogen-bond donors (Lipinski definition) is 1. The third-order valence-electron chi connectivity index (χ3n) is 3.26. The summed E-state index contributed by atoms with van der Waals surface area (Å²) in [6.45, 7) is 6.30. The van der Waals surface area contributed by atoms with Gasteiger partial charge in [0.2, 0.25) is 0 Å². The molecule has 0 atom stereocenters. The molecule has 5 heteroatoms. The Morgan fingerprint density at radius 2 is 1.37 bits per heavy atom. The molecular formula is C14H27N5. The van der Waals surface area contributed by atoms with Gasteiger partial charge >= 0.3 is 0 Å². The van der Waals surface area contributed by atoms with E-state index in [1.54, 1.807) is 6.33 Å². The summed E-state index contributed by atoms with van der Waals surface area (Å²) < 4.78 is 0. The lowest BCUT2D eigenvalue weighted by molar-refractivity contribution is 0.750. The highest BCUT2D eigenvalue weighted by Gasteiger charge is 2.14. The molecule has 0 bridgehead atoms. The molecule has 19 heavy (non-hydrogen) atoms. The van der Waals surface area contributed by atoms with E-state index in [4.69, 9.17) is 5.73 Å². The first kappa shape index (κ1) is 15.5. The van der Waals surface area contributed by atoms with Crippen LogP contribution in [0.2, 0.25) is 0 Å². The van der Waals surface area contributed by atoms with E-state index in [1.165, 1.54) is 12.8 Å². The minimum Gasteiger partial charge on any atom is -0.393 e. The van der Waals surface area contributed by atoms with Gasteiger partial charge in [0.1, 0.15) is 12.0 Å². The number of nitrogens with zero attached hydrogens (tertiary/aromatic N) is 4. The van der Waals surface area contributed by atoms with Crippen molar-refractivity contribution in [3.05, 3.63) is 6.33 Å². The number of nitrogens with two attached hydrogens (primary N) is 1. The van der Waals surface area contributed by atoms with Crippen molar-refractivity contribution in [2.75, 3.05) is 42.7 Å². The Labute approximate surface area is 116 Å². The van der Waals surface area contributed by atoms with E-state index < -0.39 is 0 Å². The first-order valence-corrected chi connectivity index (χ1v) is 7.14. The number of hydrogen-bond acceptors (Lipinski definition) is 5. The van der Waals surface area contributed by atoms with Crippen LogP contribution in [0.5, 0.6) is 0 Å². The van der Waals surface area contributed by atoms with E-state index in [0.717, 1.165) is 37.6 Å². The van der Waals surface area contributed by atoms with Crippen molar-refractivity contribution in [2.24, 2.45) is 0 Å². The lowest BCUT2D eigenvalue weighted by atomic mass is 10.3.